The lowest BCUT2D eigenvalue weighted by Crippen LogP contribution is -2.06. The number of hydrogen-bond acceptors (Lipinski definition) is 1. The summed E-state index contributed by atoms with van der Waals surface area (Å²) < 4.78 is 13.5. The van der Waals surface area contributed by atoms with Crippen LogP contribution in [0.3, 0.4) is 0 Å². The monoisotopic (exact) mass is 290 g/mol. The smallest absolute Gasteiger partial charge is 0.137 e. The topological polar surface area (TPSA) is 17.1 Å². The first-order chi connectivity index (χ1) is 9.54. The molecule has 3 heteroatoms. The number of Topliss-reactive ketones (excluding diaryl/α,β-unsaturated/α-hetero) is 1. The van der Waals surface area contributed by atoms with Crippen LogP contribution in [0.5, 0.6) is 0 Å². The van der Waals surface area contributed by atoms with E-state index in [0.717, 1.165) is 5.56 Å². The lowest BCUT2D eigenvalue weighted by Gasteiger charge is -2.04. The number of hydrogen-bond donors (Lipinski definition) is 0. The van der Waals surface area contributed by atoms with Crippen LogP contribution < -0.4 is 0 Å². The number of halogens is 2. The highest BCUT2D eigenvalue weighted by molar-refractivity contribution is 6.30. The van der Waals surface area contributed by atoms with E-state index in [-0.39, 0.29) is 18.0 Å². The van der Waals surface area contributed by atoms with E-state index in [9.17, 15) is 9.18 Å². The fraction of sp³-hybridized carbons (Fsp3) is 0.235. The van der Waals surface area contributed by atoms with Crippen LogP contribution in [0.1, 0.15) is 23.1 Å². The van der Waals surface area contributed by atoms with Gasteiger partial charge in [0.1, 0.15) is 11.6 Å². The van der Waals surface area contributed by atoms with Crippen molar-refractivity contribution in [2.24, 2.45) is 0 Å². The van der Waals surface area contributed by atoms with E-state index < -0.39 is 0 Å². The molecule has 20 heavy (non-hydrogen) atoms. The number of rotatable bonds is 5. The Morgan fingerprint density at radius 3 is 2.55 bits per heavy atom. The number of carbonyl (C=O) groups excluding carboxylic acids is 1. The number of carbonyl (C=O) groups is 1. The second kappa shape index (κ2) is 6.67. The van der Waals surface area contributed by atoms with Gasteiger partial charge in [0, 0.05) is 17.9 Å². The molecule has 0 radical (unpaired) electrons. The Balaban J connectivity index is 1.92. The Morgan fingerprint density at radius 2 is 1.85 bits per heavy atom. The van der Waals surface area contributed by atoms with Crippen molar-refractivity contribution < 1.29 is 9.18 Å². The van der Waals surface area contributed by atoms with Crippen molar-refractivity contribution in [3.05, 3.63) is 70.0 Å². The van der Waals surface area contributed by atoms with Crippen LogP contribution in [0.15, 0.2) is 42.5 Å². The second-order valence-corrected chi connectivity index (χ2v) is 5.37. The molecule has 0 aliphatic carbocycles. The zero-order chi connectivity index (χ0) is 14.5. The molecule has 0 amide bonds. The molecule has 0 aliphatic rings. The highest BCUT2D eigenvalue weighted by Gasteiger charge is 2.09. The molecule has 0 saturated carbocycles. The molecule has 2 aromatic carbocycles. The standard InChI is InChI=1S/C17H16ClFO/c1-12-2-4-13(5-3-12)6-8-16(20)11-14-10-15(18)7-9-17(14)19/h2-5,7,9-10H,6,8,11H2,1H3. The minimum absolute atomic E-state index is 0.0201. The van der Waals surface area contributed by atoms with Gasteiger partial charge in [0.2, 0.25) is 0 Å². The van der Waals surface area contributed by atoms with Crippen LogP contribution in [-0.2, 0) is 17.6 Å². The Bertz CT molecular complexity index is 605. The average molecular weight is 291 g/mol. The zero-order valence-electron chi connectivity index (χ0n) is 11.3. The summed E-state index contributed by atoms with van der Waals surface area (Å²) in [5, 5.41) is 0.452. The van der Waals surface area contributed by atoms with Gasteiger partial charge in [-0.2, -0.15) is 0 Å². The van der Waals surface area contributed by atoms with Crippen molar-refractivity contribution in [3.8, 4) is 0 Å². The van der Waals surface area contributed by atoms with Crippen LogP contribution >= 0.6 is 11.6 Å². The number of ketones is 1. The van der Waals surface area contributed by atoms with E-state index in [1.807, 2.05) is 31.2 Å². The van der Waals surface area contributed by atoms with Crippen molar-refractivity contribution in [3.63, 3.8) is 0 Å². The number of aryl methyl sites for hydroxylation is 2. The average Bonchev–Trinajstić information content (AvgIpc) is 2.42. The predicted molar refractivity (Wildman–Crippen MR) is 79.6 cm³/mol. The summed E-state index contributed by atoms with van der Waals surface area (Å²) in [5.41, 5.74) is 2.68. The molecule has 0 aliphatic heterocycles. The SMILES string of the molecule is Cc1ccc(CCC(=O)Cc2cc(Cl)ccc2F)cc1. The maximum absolute atomic E-state index is 13.5. The van der Waals surface area contributed by atoms with Crippen LogP contribution in [0.25, 0.3) is 0 Å². The molecular formula is C17H16ClFO. The summed E-state index contributed by atoms with van der Waals surface area (Å²) in [6, 6.07) is 12.4. The third-order valence-electron chi connectivity index (χ3n) is 3.21. The van der Waals surface area contributed by atoms with Crippen LogP contribution in [0, 0.1) is 12.7 Å². The molecule has 0 N–H and O–H groups in total. The molecule has 2 rings (SSSR count). The van der Waals surface area contributed by atoms with Gasteiger partial charge in [-0.1, -0.05) is 41.4 Å². The van der Waals surface area contributed by atoms with Crippen LogP contribution in [0.2, 0.25) is 5.02 Å². The summed E-state index contributed by atoms with van der Waals surface area (Å²) in [5.74, 6) is -0.357. The Hall–Kier alpha value is -1.67. The first-order valence-electron chi connectivity index (χ1n) is 6.56. The van der Waals surface area contributed by atoms with Crippen molar-refractivity contribution in [2.45, 2.75) is 26.2 Å². The van der Waals surface area contributed by atoms with E-state index in [4.69, 9.17) is 11.6 Å². The van der Waals surface area contributed by atoms with Crippen LogP contribution in [-0.4, -0.2) is 5.78 Å². The Morgan fingerprint density at radius 1 is 1.15 bits per heavy atom. The summed E-state index contributed by atoms with van der Waals surface area (Å²) in [4.78, 5) is 11.9. The lowest BCUT2D eigenvalue weighted by molar-refractivity contribution is -0.118. The minimum atomic E-state index is -0.377. The number of benzene rings is 2. The zero-order valence-corrected chi connectivity index (χ0v) is 12.1. The van der Waals surface area contributed by atoms with Crippen molar-refractivity contribution in [2.75, 3.05) is 0 Å². The largest absolute Gasteiger partial charge is 0.299 e. The highest BCUT2D eigenvalue weighted by atomic mass is 35.5. The molecule has 0 unspecified atom stereocenters. The molecule has 0 atom stereocenters. The fourth-order valence-corrected chi connectivity index (χ4v) is 2.21. The van der Waals surface area contributed by atoms with Crippen molar-refractivity contribution in [1.82, 2.24) is 0 Å². The van der Waals surface area contributed by atoms with Gasteiger partial charge in [-0.3, -0.25) is 4.79 Å². The molecule has 0 fully saturated rings. The molecular weight excluding hydrogens is 275 g/mol. The van der Waals surface area contributed by atoms with Gasteiger partial charge in [-0.25, -0.2) is 4.39 Å². The summed E-state index contributed by atoms with van der Waals surface area (Å²) in [6.45, 7) is 2.02. The van der Waals surface area contributed by atoms with Gasteiger partial charge in [-0.05, 0) is 42.7 Å². The third-order valence-corrected chi connectivity index (χ3v) is 3.44. The summed E-state index contributed by atoms with van der Waals surface area (Å²) >= 11 is 5.81. The van der Waals surface area contributed by atoms with Gasteiger partial charge in [0.25, 0.3) is 0 Å². The fourth-order valence-electron chi connectivity index (χ4n) is 2.02. The third kappa shape index (κ3) is 4.17. The van der Waals surface area contributed by atoms with E-state index in [1.54, 1.807) is 0 Å². The maximum Gasteiger partial charge on any atom is 0.137 e. The Kier molecular flexibility index (Phi) is 4.91. The molecule has 1 nitrogen and oxygen atoms in total. The normalized spacial score (nSPS) is 10.6. The van der Waals surface area contributed by atoms with Gasteiger partial charge in [0.15, 0.2) is 0 Å². The maximum atomic E-state index is 13.5. The van der Waals surface area contributed by atoms with E-state index >= 15 is 0 Å². The van der Waals surface area contributed by atoms with E-state index in [1.165, 1.54) is 23.8 Å². The van der Waals surface area contributed by atoms with Crippen LogP contribution in [0.4, 0.5) is 4.39 Å². The lowest BCUT2D eigenvalue weighted by atomic mass is 10.0. The molecule has 104 valence electrons. The molecule has 0 saturated heterocycles. The van der Waals surface area contributed by atoms with E-state index in [0.29, 0.717) is 23.4 Å². The van der Waals surface area contributed by atoms with Gasteiger partial charge in [0.05, 0.1) is 0 Å². The Labute approximate surface area is 123 Å². The molecule has 2 aromatic rings. The summed E-state index contributed by atoms with van der Waals surface area (Å²) in [6.07, 6.45) is 1.19. The van der Waals surface area contributed by atoms with Gasteiger partial charge >= 0.3 is 0 Å². The molecule has 0 spiro atoms. The molecule has 0 bridgehead atoms. The quantitative estimate of drug-likeness (QED) is 0.790. The first-order valence-corrected chi connectivity index (χ1v) is 6.93. The van der Waals surface area contributed by atoms with E-state index in [2.05, 4.69) is 0 Å². The highest BCUT2D eigenvalue weighted by Crippen LogP contribution is 2.16. The predicted octanol–water partition coefficient (Wildman–Crippen LogP) is 4.53. The second-order valence-electron chi connectivity index (χ2n) is 4.94. The van der Waals surface area contributed by atoms with Crippen molar-refractivity contribution >= 4 is 17.4 Å². The summed E-state index contributed by atoms with van der Waals surface area (Å²) in [7, 11) is 0. The molecule has 0 heterocycles. The molecule has 0 aromatic heterocycles. The van der Waals surface area contributed by atoms with Gasteiger partial charge < -0.3 is 0 Å². The van der Waals surface area contributed by atoms with Gasteiger partial charge in [-0.15, -0.1) is 0 Å². The van der Waals surface area contributed by atoms with Crippen molar-refractivity contribution in [1.29, 1.82) is 0 Å². The minimum Gasteiger partial charge on any atom is -0.299 e. The first kappa shape index (κ1) is 14.7.